The number of aliphatic hydroxyl groups is 16. The van der Waals surface area contributed by atoms with Crippen molar-refractivity contribution in [2.75, 3.05) is 59.3 Å². The second kappa shape index (κ2) is 25.3. The summed E-state index contributed by atoms with van der Waals surface area (Å²) in [6, 6.07) is -0.543. The quantitative estimate of drug-likeness (QED) is 0.0504. The van der Waals surface area contributed by atoms with Crippen LogP contribution >= 0.6 is 0 Å². The van der Waals surface area contributed by atoms with E-state index in [0.717, 1.165) is 0 Å². The summed E-state index contributed by atoms with van der Waals surface area (Å²) < 4.78 is 56.6. The Kier molecular flexibility index (Phi) is 21.2. The van der Waals surface area contributed by atoms with Crippen LogP contribution < -0.4 is 16.4 Å². The molecule has 0 aromatic heterocycles. The average Bonchev–Trinajstić information content (AvgIpc) is 3.30. The zero-order chi connectivity index (χ0) is 48.6. The SMILES string of the molecule is NCCCNC(=O)NCCO[C@H]1OC(CO)[C@@H](O)[C@H](O[C@H]2OC(CO)[C@@H](O)[C@H](O[C@H]3OC(CO)[C@@H](O)[C@H](O)C3O[C@H]3OC(CO)[C@@H](O)[C@H](O)C3O[C@H]3OC(CO)[C@@H](O)[C@H](O)C3O)C2O)C1O. The first-order valence-electron chi connectivity index (χ1n) is 21.2. The monoisotopic (exact) mass is 971 g/mol. The third-order valence-corrected chi connectivity index (χ3v) is 11.6. The van der Waals surface area contributed by atoms with E-state index in [9.17, 15) is 86.5 Å². The Balaban J connectivity index is 1.36. The van der Waals surface area contributed by atoms with Gasteiger partial charge >= 0.3 is 6.03 Å². The van der Waals surface area contributed by atoms with Gasteiger partial charge < -0.3 is 145 Å². The second-order valence-electron chi connectivity index (χ2n) is 16.1. The van der Waals surface area contributed by atoms with Gasteiger partial charge in [-0.2, -0.15) is 0 Å². The number of nitrogens with two attached hydrogens (primary N) is 1. The molecule has 5 aliphatic rings. The van der Waals surface area contributed by atoms with Gasteiger partial charge in [0.25, 0.3) is 0 Å². The topological polar surface area (TPSA) is 483 Å². The summed E-state index contributed by atoms with van der Waals surface area (Å²) >= 11 is 0. The van der Waals surface area contributed by atoms with Crippen molar-refractivity contribution in [3.8, 4) is 0 Å². The third-order valence-electron chi connectivity index (χ3n) is 11.6. The Hall–Kier alpha value is -1.81. The van der Waals surface area contributed by atoms with Gasteiger partial charge in [-0.3, -0.25) is 0 Å². The van der Waals surface area contributed by atoms with Crippen molar-refractivity contribution in [1.82, 2.24) is 10.6 Å². The lowest BCUT2D eigenvalue weighted by molar-refractivity contribution is -0.407. The van der Waals surface area contributed by atoms with Gasteiger partial charge in [-0.05, 0) is 13.0 Å². The van der Waals surface area contributed by atoms with Gasteiger partial charge in [-0.15, -0.1) is 0 Å². The number of amides is 2. The van der Waals surface area contributed by atoms with Crippen LogP contribution in [0.25, 0.3) is 0 Å². The molecule has 0 aromatic rings. The summed E-state index contributed by atoms with van der Waals surface area (Å²) in [6.07, 6.45) is -47.3. The van der Waals surface area contributed by atoms with Crippen molar-refractivity contribution in [2.45, 2.75) is 160 Å². The van der Waals surface area contributed by atoms with Crippen molar-refractivity contribution in [2.24, 2.45) is 5.73 Å². The van der Waals surface area contributed by atoms with Gasteiger partial charge in [-0.25, -0.2) is 4.79 Å². The van der Waals surface area contributed by atoms with Crippen molar-refractivity contribution >= 4 is 6.03 Å². The Morgan fingerprint density at radius 1 is 0.409 bits per heavy atom. The number of aliphatic hydroxyl groups excluding tert-OH is 16. The first-order valence-corrected chi connectivity index (χ1v) is 21.2. The van der Waals surface area contributed by atoms with Gasteiger partial charge in [0.2, 0.25) is 0 Å². The summed E-state index contributed by atoms with van der Waals surface area (Å²) in [5, 5.41) is 175. The number of urea groups is 1. The minimum Gasteiger partial charge on any atom is -0.394 e. The number of hydrogen-bond acceptors (Lipinski definition) is 28. The molecule has 30 nitrogen and oxygen atoms in total. The van der Waals surface area contributed by atoms with E-state index in [-0.39, 0.29) is 13.2 Å². The molecule has 5 rings (SSSR count). The predicted octanol–water partition coefficient (Wildman–Crippen LogP) is -12.3. The second-order valence-corrected chi connectivity index (χ2v) is 16.1. The molecule has 20 N–H and O–H groups in total. The highest BCUT2D eigenvalue weighted by Crippen LogP contribution is 2.36. The fourth-order valence-corrected chi connectivity index (χ4v) is 7.80. The zero-order valence-corrected chi connectivity index (χ0v) is 35.2. The number of ether oxygens (including phenoxy) is 10. The summed E-state index contributed by atoms with van der Waals surface area (Å²) in [7, 11) is 0. The van der Waals surface area contributed by atoms with Crippen molar-refractivity contribution in [1.29, 1.82) is 0 Å². The smallest absolute Gasteiger partial charge is 0.314 e. The summed E-state index contributed by atoms with van der Waals surface area (Å²) in [5.41, 5.74) is 5.41. The molecular formula is C36H65N3O27. The lowest BCUT2D eigenvalue weighted by Gasteiger charge is -2.50. The summed E-state index contributed by atoms with van der Waals surface area (Å²) in [5.74, 6) is 0. The van der Waals surface area contributed by atoms with Gasteiger partial charge in [0, 0.05) is 13.1 Å². The fourth-order valence-electron chi connectivity index (χ4n) is 7.80. The highest BCUT2D eigenvalue weighted by molar-refractivity contribution is 5.73. The lowest BCUT2D eigenvalue weighted by Crippen LogP contribution is -2.68. The molecular weight excluding hydrogens is 906 g/mol. The molecule has 66 heavy (non-hydrogen) atoms. The van der Waals surface area contributed by atoms with Crippen LogP contribution in [0.15, 0.2) is 0 Å². The highest BCUT2D eigenvalue weighted by atomic mass is 16.8. The van der Waals surface area contributed by atoms with E-state index in [0.29, 0.717) is 19.5 Å². The van der Waals surface area contributed by atoms with E-state index < -0.39 is 193 Å². The van der Waals surface area contributed by atoms with E-state index in [4.69, 9.17) is 53.1 Å². The van der Waals surface area contributed by atoms with Gasteiger partial charge in [0.1, 0.15) is 122 Å². The van der Waals surface area contributed by atoms with E-state index in [1.54, 1.807) is 0 Å². The maximum Gasteiger partial charge on any atom is 0.314 e. The molecule has 0 radical (unpaired) electrons. The maximum absolute atomic E-state index is 12.0. The first-order chi connectivity index (χ1) is 31.5. The number of hydrogen-bond donors (Lipinski definition) is 19. The molecule has 5 saturated heterocycles. The predicted molar refractivity (Wildman–Crippen MR) is 205 cm³/mol. The minimum absolute atomic E-state index is 0.0986. The highest BCUT2D eigenvalue weighted by Gasteiger charge is 2.57. The lowest BCUT2D eigenvalue weighted by atomic mass is 9.95. The van der Waals surface area contributed by atoms with E-state index in [1.807, 2.05) is 0 Å². The zero-order valence-electron chi connectivity index (χ0n) is 35.2. The first kappa shape index (κ1) is 55.1. The largest absolute Gasteiger partial charge is 0.394 e. The van der Waals surface area contributed by atoms with Gasteiger partial charge in [-0.1, -0.05) is 0 Å². The number of carbonyl (C=O) groups excluding carboxylic acids is 1. The molecule has 30 heteroatoms. The minimum atomic E-state index is -2.19. The Morgan fingerprint density at radius 3 is 1.23 bits per heavy atom. The van der Waals surface area contributed by atoms with E-state index >= 15 is 0 Å². The Morgan fingerprint density at radius 2 is 0.758 bits per heavy atom. The van der Waals surface area contributed by atoms with Crippen LogP contribution in [-0.4, -0.2) is 301 Å². The summed E-state index contributed by atoms with van der Waals surface area (Å²) in [4.78, 5) is 12.0. The van der Waals surface area contributed by atoms with E-state index in [1.165, 1.54) is 0 Å². The van der Waals surface area contributed by atoms with Crippen LogP contribution in [-0.2, 0) is 47.4 Å². The molecule has 0 spiro atoms. The number of rotatable bonds is 20. The van der Waals surface area contributed by atoms with Crippen LogP contribution in [0.3, 0.4) is 0 Å². The number of carbonyl (C=O) groups is 1. The molecule has 386 valence electrons. The normalized spacial score (nSPS) is 46.8. The molecule has 5 aliphatic heterocycles. The Labute approximate surface area is 375 Å². The molecule has 0 aromatic carbocycles. The standard InChI is InChI=1S/C36H65N3O27/c37-2-1-3-38-36(56)39-4-5-57-31-25(54)27(19(48)14(9-43)58-31)63-33-26(55)28(20(49)15(10-44)60-33)64-34-30(23(52)18(47)12(7-41)61-34)66-35-29(22(51)17(46)13(8-42)62-35)65-32-24(53)21(50)16(45)11(6-40)59-32/h11-35,40-55H,1-10,37H2,(H2,38,39,56)/t11?,12?,13?,14?,15?,16-,17-,18-,19-,20-,21+,22+,23+,24?,25?,26?,27+,28+,29?,30?,31+,32-,33-,34-,35-/m1/s1. The van der Waals surface area contributed by atoms with Crippen LogP contribution in [0.2, 0.25) is 0 Å². The molecule has 5 heterocycles. The fraction of sp³-hybridized carbons (Fsp3) is 0.972. The molecule has 10 unspecified atom stereocenters. The van der Waals surface area contributed by atoms with Crippen LogP contribution in [0, 0.1) is 0 Å². The number of nitrogens with one attached hydrogen (secondary N) is 2. The van der Waals surface area contributed by atoms with Crippen LogP contribution in [0.5, 0.6) is 0 Å². The van der Waals surface area contributed by atoms with Crippen molar-refractivity contribution in [3.63, 3.8) is 0 Å². The van der Waals surface area contributed by atoms with Crippen molar-refractivity contribution in [3.05, 3.63) is 0 Å². The molecule has 0 aliphatic carbocycles. The van der Waals surface area contributed by atoms with Crippen molar-refractivity contribution < 1.29 is 134 Å². The molecule has 0 saturated carbocycles. The molecule has 25 atom stereocenters. The molecule has 0 bridgehead atoms. The average molecular weight is 972 g/mol. The molecule has 5 fully saturated rings. The third kappa shape index (κ3) is 12.6. The Bertz CT molecular complexity index is 1450. The van der Waals surface area contributed by atoms with Crippen LogP contribution in [0.4, 0.5) is 4.79 Å². The molecule has 2 amide bonds. The van der Waals surface area contributed by atoms with E-state index in [2.05, 4.69) is 10.6 Å². The summed E-state index contributed by atoms with van der Waals surface area (Å²) in [6.45, 7) is -4.39. The van der Waals surface area contributed by atoms with Crippen LogP contribution in [0.1, 0.15) is 6.42 Å². The van der Waals surface area contributed by atoms with Gasteiger partial charge in [0.15, 0.2) is 31.5 Å². The maximum atomic E-state index is 12.0. The van der Waals surface area contributed by atoms with Gasteiger partial charge in [0.05, 0.1) is 39.6 Å².